The van der Waals surface area contributed by atoms with Crippen LogP contribution in [-0.4, -0.2) is 46.5 Å². The third-order valence-corrected chi connectivity index (χ3v) is 3.10. The number of nitrogens with zero attached hydrogens (tertiary/aromatic N) is 1. The van der Waals surface area contributed by atoms with E-state index in [0.29, 0.717) is 6.42 Å². The summed E-state index contributed by atoms with van der Waals surface area (Å²) >= 11 is 0. The van der Waals surface area contributed by atoms with E-state index in [4.69, 9.17) is 20.7 Å². The van der Waals surface area contributed by atoms with E-state index in [1.807, 2.05) is 0 Å². The number of likely N-dealkylation sites (tertiary alicyclic amines) is 1. The van der Waals surface area contributed by atoms with Gasteiger partial charge < -0.3 is 20.7 Å². The van der Waals surface area contributed by atoms with E-state index in [2.05, 4.69) is 0 Å². The first kappa shape index (κ1) is 13.4. The van der Waals surface area contributed by atoms with E-state index < -0.39 is 24.1 Å². The van der Waals surface area contributed by atoms with E-state index in [0.717, 1.165) is 11.0 Å². The van der Waals surface area contributed by atoms with E-state index in [-0.39, 0.29) is 24.6 Å². The van der Waals surface area contributed by atoms with Crippen LogP contribution >= 0.6 is 0 Å². The second-order valence-electron chi connectivity index (χ2n) is 4.43. The highest BCUT2D eigenvalue weighted by atomic mass is 19.1. The fraction of sp³-hybridized carbons (Fsp3) is 0.417. The minimum Gasteiger partial charge on any atom is -0.486 e. The fourth-order valence-electron chi connectivity index (χ4n) is 2.16. The number of aliphatic hydroxyl groups is 1. The monoisotopic (exact) mass is 270 g/mol. The second kappa shape index (κ2) is 5.31. The Bertz CT molecular complexity index is 483. The van der Waals surface area contributed by atoms with Crippen molar-refractivity contribution in [3.8, 4) is 5.75 Å². The molecule has 1 heterocycles. The molecule has 2 rings (SSSR count). The van der Waals surface area contributed by atoms with Crippen LogP contribution in [-0.2, 0) is 0 Å². The van der Waals surface area contributed by atoms with Crippen molar-refractivity contribution in [3.05, 3.63) is 24.0 Å². The number of ether oxygens (including phenoxy) is 1. The van der Waals surface area contributed by atoms with Crippen molar-refractivity contribution in [2.24, 2.45) is 0 Å². The molecule has 1 fully saturated rings. The molecule has 6 nitrogen and oxygen atoms in total. The van der Waals surface area contributed by atoms with Gasteiger partial charge in [0.25, 0.3) is 0 Å². The third-order valence-electron chi connectivity index (χ3n) is 3.10. The lowest BCUT2D eigenvalue weighted by Crippen LogP contribution is -2.36. The SMILES string of the molecule is Nc1ccc(F)cc1O[C@H]1C[C@@H](CO)N(C(=O)O)C1. The zero-order valence-corrected chi connectivity index (χ0v) is 10.1. The van der Waals surface area contributed by atoms with Gasteiger partial charge in [0.15, 0.2) is 0 Å². The molecular formula is C12H15FN2O4. The summed E-state index contributed by atoms with van der Waals surface area (Å²) in [5.41, 5.74) is 5.95. The molecule has 1 saturated heterocycles. The Morgan fingerprint density at radius 3 is 2.89 bits per heavy atom. The summed E-state index contributed by atoms with van der Waals surface area (Å²) < 4.78 is 18.6. The first-order chi connectivity index (χ1) is 9.01. The molecule has 104 valence electrons. The molecule has 1 aliphatic heterocycles. The minimum atomic E-state index is -1.11. The van der Waals surface area contributed by atoms with Crippen molar-refractivity contribution in [2.45, 2.75) is 18.6 Å². The summed E-state index contributed by atoms with van der Waals surface area (Å²) in [5.74, 6) is -0.287. The number of anilines is 1. The van der Waals surface area contributed by atoms with Gasteiger partial charge in [-0.3, -0.25) is 4.90 Å². The highest BCUT2D eigenvalue weighted by Gasteiger charge is 2.36. The highest BCUT2D eigenvalue weighted by molar-refractivity contribution is 5.66. The lowest BCUT2D eigenvalue weighted by molar-refractivity contribution is 0.116. The Labute approximate surface area is 109 Å². The summed E-state index contributed by atoms with van der Waals surface area (Å²) in [6.45, 7) is -0.151. The summed E-state index contributed by atoms with van der Waals surface area (Å²) in [5, 5.41) is 18.1. The molecule has 4 N–H and O–H groups in total. The van der Waals surface area contributed by atoms with E-state index in [1.165, 1.54) is 12.1 Å². The molecule has 19 heavy (non-hydrogen) atoms. The van der Waals surface area contributed by atoms with Crippen molar-refractivity contribution in [2.75, 3.05) is 18.9 Å². The zero-order valence-electron chi connectivity index (χ0n) is 10.1. The van der Waals surface area contributed by atoms with Crippen molar-refractivity contribution >= 4 is 11.8 Å². The molecule has 2 atom stereocenters. The standard InChI is InChI=1S/C12H15FN2O4/c13-7-1-2-10(14)11(3-7)19-9-4-8(6-16)15(5-9)12(17)18/h1-3,8-9,16H,4-6,14H2,(H,17,18)/t8-,9-/m0/s1. The van der Waals surface area contributed by atoms with Crippen LogP contribution in [0.1, 0.15) is 6.42 Å². The predicted molar refractivity (Wildman–Crippen MR) is 65.5 cm³/mol. The van der Waals surface area contributed by atoms with Crippen LogP contribution in [0.5, 0.6) is 5.75 Å². The van der Waals surface area contributed by atoms with Gasteiger partial charge in [-0.05, 0) is 12.1 Å². The van der Waals surface area contributed by atoms with Gasteiger partial charge in [-0.2, -0.15) is 0 Å². The molecule has 0 spiro atoms. The molecule has 0 aromatic heterocycles. The van der Waals surface area contributed by atoms with E-state index >= 15 is 0 Å². The molecule has 7 heteroatoms. The number of hydrogen-bond donors (Lipinski definition) is 3. The normalized spacial score (nSPS) is 22.5. The van der Waals surface area contributed by atoms with Gasteiger partial charge in [0, 0.05) is 12.5 Å². The highest BCUT2D eigenvalue weighted by Crippen LogP contribution is 2.27. The number of benzene rings is 1. The van der Waals surface area contributed by atoms with Crippen LogP contribution in [0.4, 0.5) is 14.9 Å². The van der Waals surface area contributed by atoms with E-state index in [9.17, 15) is 9.18 Å². The topological polar surface area (TPSA) is 96.0 Å². The first-order valence-corrected chi connectivity index (χ1v) is 5.83. The molecule has 0 saturated carbocycles. The Morgan fingerprint density at radius 1 is 1.58 bits per heavy atom. The molecule has 1 aliphatic rings. The van der Waals surface area contributed by atoms with Gasteiger partial charge in [0.2, 0.25) is 0 Å². The van der Waals surface area contributed by atoms with Gasteiger partial charge in [0.1, 0.15) is 17.7 Å². The molecule has 1 amide bonds. The van der Waals surface area contributed by atoms with Crippen LogP contribution in [0.25, 0.3) is 0 Å². The summed E-state index contributed by atoms with van der Waals surface area (Å²) in [6.07, 6.45) is -1.21. The van der Waals surface area contributed by atoms with Crippen LogP contribution in [0.3, 0.4) is 0 Å². The van der Waals surface area contributed by atoms with Crippen LogP contribution in [0.15, 0.2) is 18.2 Å². The number of rotatable bonds is 3. The third kappa shape index (κ3) is 2.87. The van der Waals surface area contributed by atoms with Crippen molar-refractivity contribution in [1.29, 1.82) is 0 Å². The van der Waals surface area contributed by atoms with Crippen molar-refractivity contribution < 1.29 is 24.1 Å². The van der Waals surface area contributed by atoms with Crippen LogP contribution in [0, 0.1) is 5.82 Å². The first-order valence-electron chi connectivity index (χ1n) is 5.83. The number of hydrogen-bond acceptors (Lipinski definition) is 4. The number of nitrogens with two attached hydrogens (primary N) is 1. The Balaban J connectivity index is 2.08. The molecule has 0 radical (unpaired) electrons. The molecule has 1 aromatic rings. The number of nitrogen functional groups attached to an aromatic ring is 1. The number of aliphatic hydroxyl groups excluding tert-OH is 1. The average Bonchev–Trinajstić information content (AvgIpc) is 2.77. The van der Waals surface area contributed by atoms with Gasteiger partial charge in [-0.25, -0.2) is 9.18 Å². The fourth-order valence-corrected chi connectivity index (χ4v) is 2.16. The number of carboxylic acid groups (broad SMARTS) is 1. The quantitative estimate of drug-likeness (QED) is 0.709. The lowest BCUT2D eigenvalue weighted by atomic mass is 10.2. The van der Waals surface area contributed by atoms with Gasteiger partial charge in [-0.15, -0.1) is 0 Å². The number of halogens is 1. The Morgan fingerprint density at radius 2 is 2.32 bits per heavy atom. The number of carbonyl (C=O) groups is 1. The van der Waals surface area contributed by atoms with Gasteiger partial charge in [0.05, 0.1) is 24.9 Å². The largest absolute Gasteiger partial charge is 0.486 e. The van der Waals surface area contributed by atoms with Crippen LogP contribution < -0.4 is 10.5 Å². The van der Waals surface area contributed by atoms with Crippen molar-refractivity contribution in [1.82, 2.24) is 4.90 Å². The zero-order chi connectivity index (χ0) is 14.0. The lowest BCUT2D eigenvalue weighted by Gasteiger charge is -2.18. The summed E-state index contributed by atoms with van der Waals surface area (Å²) in [6, 6.07) is 3.26. The van der Waals surface area contributed by atoms with Gasteiger partial charge >= 0.3 is 6.09 Å². The smallest absolute Gasteiger partial charge is 0.407 e. The molecule has 0 aliphatic carbocycles. The summed E-state index contributed by atoms with van der Waals surface area (Å²) in [4.78, 5) is 12.1. The minimum absolute atomic E-state index is 0.122. The van der Waals surface area contributed by atoms with Gasteiger partial charge in [-0.1, -0.05) is 0 Å². The number of amides is 1. The average molecular weight is 270 g/mol. The predicted octanol–water partition coefficient (Wildman–Crippen LogP) is 0.900. The Hall–Kier alpha value is -2.02. The second-order valence-corrected chi connectivity index (χ2v) is 4.43. The van der Waals surface area contributed by atoms with Crippen molar-refractivity contribution in [3.63, 3.8) is 0 Å². The molecule has 1 aromatic carbocycles. The van der Waals surface area contributed by atoms with Crippen LogP contribution in [0.2, 0.25) is 0 Å². The molecule has 0 bridgehead atoms. The maximum Gasteiger partial charge on any atom is 0.407 e. The Kier molecular flexibility index (Phi) is 3.75. The molecule has 0 unspecified atom stereocenters. The maximum absolute atomic E-state index is 13.1. The van der Waals surface area contributed by atoms with E-state index in [1.54, 1.807) is 0 Å². The summed E-state index contributed by atoms with van der Waals surface area (Å²) in [7, 11) is 0. The molecular weight excluding hydrogens is 255 g/mol. The maximum atomic E-state index is 13.1.